The van der Waals surface area contributed by atoms with E-state index in [-0.39, 0.29) is 0 Å². The second kappa shape index (κ2) is 2.58. The van der Waals surface area contributed by atoms with Gasteiger partial charge >= 0.3 is 0 Å². The van der Waals surface area contributed by atoms with Crippen molar-refractivity contribution >= 4 is 6.21 Å². The first kappa shape index (κ1) is 6.16. The summed E-state index contributed by atoms with van der Waals surface area (Å²) in [4.78, 5) is 3.78. The highest BCUT2D eigenvalue weighted by Gasteiger charge is 2.00. The SMILES string of the molecule is C1=NC=C1Oc1ccccc1. The molecule has 2 heteroatoms. The van der Waals surface area contributed by atoms with Crippen LogP contribution in [0.5, 0.6) is 5.75 Å². The monoisotopic (exact) mass is 145 g/mol. The molecule has 0 fully saturated rings. The van der Waals surface area contributed by atoms with Crippen LogP contribution in [0.25, 0.3) is 0 Å². The van der Waals surface area contributed by atoms with Crippen molar-refractivity contribution in [3.05, 3.63) is 42.3 Å². The number of allylic oxidation sites excluding steroid dienone is 1. The van der Waals surface area contributed by atoms with Gasteiger partial charge in [0, 0.05) is 0 Å². The van der Waals surface area contributed by atoms with Crippen LogP contribution >= 0.6 is 0 Å². The van der Waals surface area contributed by atoms with Gasteiger partial charge in [-0.15, -0.1) is 0 Å². The normalized spacial score (nSPS) is 13.6. The van der Waals surface area contributed by atoms with Crippen molar-refractivity contribution in [2.24, 2.45) is 4.99 Å². The second-order valence-electron chi connectivity index (χ2n) is 2.22. The molecular formula is C9H7NO. The topological polar surface area (TPSA) is 21.6 Å². The van der Waals surface area contributed by atoms with E-state index in [9.17, 15) is 0 Å². The van der Waals surface area contributed by atoms with Gasteiger partial charge in [-0.2, -0.15) is 0 Å². The number of nitrogens with zero attached hydrogens (tertiary/aromatic N) is 1. The Morgan fingerprint density at radius 2 is 1.82 bits per heavy atom. The number of hydrogen-bond acceptors (Lipinski definition) is 2. The fourth-order valence-electron chi connectivity index (χ4n) is 0.813. The molecule has 0 N–H and O–H groups in total. The summed E-state index contributed by atoms with van der Waals surface area (Å²) in [5, 5.41) is 0. The van der Waals surface area contributed by atoms with Crippen LogP contribution in [0.1, 0.15) is 0 Å². The van der Waals surface area contributed by atoms with Gasteiger partial charge in [0.25, 0.3) is 0 Å². The van der Waals surface area contributed by atoms with Gasteiger partial charge in [-0.3, -0.25) is 4.99 Å². The summed E-state index contributed by atoms with van der Waals surface area (Å²) in [5.41, 5.74) is 0. The molecule has 0 bridgehead atoms. The molecule has 0 radical (unpaired) electrons. The van der Waals surface area contributed by atoms with Gasteiger partial charge in [0.15, 0.2) is 5.76 Å². The average Bonchev–Trinajstić information content (AvgIpc) is 1.99. The molecule has 0 saturated carbocycles. The molecule has 0 amide bonds. The number of benzene rings is 1. The van der Waals surface area contributed by atoms with Crippen LogP contribution < -0.4 is 4.74 Å². The van der Waals surface area contributed by atoms with Crippen LogP contribution in [-0.2, 0) is 0 Å². The van der Waals surface area contributed by atoms with E-state index in [4.69, 9.17) is 4.74 Å². The molecule has 1 aromatic rings. The molecule has 0 aromatic heterocycles. The molecule has 1 aliphatic heterocycles. The lowest BCUT2D eigenvalue weighted by Gasteiger charge is -2.07. The van der Waals surface area contributed by atoms with Gasteiger partial charge in [-0.25, -0.2) is 0 Å². The zero-order chi connectivity index (χ0) is 7.52. The Labute approximate surface area is 64.8 Å². The van der Waals surface area contributed by atoms with Crippen molar-refractivity contribution in [2.75, 3.05) is 0 Å². The Balaban J connectivity index is 2.07. The first-order chi connectivity index (χ1) is 5.45. The maximum absolute atomic E-state index is 5.36. The van der Waals surface area contributed by atoms with E-state index in [2.05, 4.69) is 4.99 Å². The van der Waals surface area contributed by atoms with Crippen LogP contribution in [0.4, 0.5) is 0 Å². The molecule has 1 heterocycles. The van der Waals surface area contributed by atoms with E-state index < -0.39 is 0 Å². The molecule has 0 spiro atoms. The number of hydrogen-bond donors (Lipinski definition) is 0. The first-order valence-corrected chi connectivity index (χ1v) is 3.41. The second-order valence-corrected chi connectivity index (χ2v) is 2.22. The lowest BCUT2D eigenvalue weighted by Crippen LogP contribution is -2.01. The minimum atomic E-state index is 0.816. The average molecular weight is 145 g/mol. The fraction of sp³-hybridized carbons (Fsp3) is 0. The zero-order valence-corrected chi connectivity index (χ0v) is 5.90. The van der Waals surface area contributed by atoms with Crippen LogP contribution in [0.15, 0.2) is 47.3 Å². The highest BCUT2D eigenvalue weighted by molar-refractivity contribution is 5.82. The van der Waals surface area contributed by atoms with Crippen LogP contribution in [-0.4, -0.2) is 6.21 Å². The van der Waals surface area contributed by atoms with E-state index in [0.717, 1.165) is 11.5 Å². The minimum absolute atomic E-state index is 0.816. The standard InChI is InChI=1S/C9H7NO/c1-2-4-8(5-3-1)11-9-6-10-7-9/h1-7H. The molecule has 0 atom stereocenters. The third-order valence-electron chi connectivity index (χ3n) is 1.38. The van der Waals surface area contributed by atoms with E-state index in [1.165, 1.54) is 0 Å². The zero-order valence-electron chi connectivity index (χ0n) is 5.90. The summed E-state index contributed by atoms with van der Waals surface area (Å²) >= 11 is 0. The van der Waals surface area contributed by atoms with Crippen LogP contribution in [0, 0.1) is 0 Å². The molecule has 0 unspecified atom stereocenters. The highest BCUT2D eigenvalue weighted by atomic mass is 16.5. The van der Waals surface area contributed by atoms with Crippen molar-refractivity contribution in [2.45, 2.75) is 0 Å². The van der Waals surface area contributed by atoms with Crippen molar-refractivity contribution in [3.63, 3.8) is 0 Å². The lowest BCUT2D eigenvalue weighted by atomic mass is 10.3. The molecular weight excluding hydrogens is 138 g/mol. The maximum atomic E-state index is 5.36. The molecule has 0 aliphatic carbocycles. The van der Waals surface area contributed by atoms with E-state index in [1.54, 1.807) is 12.4 Å². The maximum Gasteiger partial charge on any atom is 0.163 e. The Bertz CT molecular complexity index is 301. The third-order valence-corrected chi connectivity index (χ3v) is 1.38. The number of aliphatic imine (C=N–C) groups is 1. The van der Waals surface area contributed by atoms with Gasteiger partial charge in [0.1, 0.15) is 5.75 Å². The van der Waals surface area contributed by atoms with Crippen molar-refractivity contribution < 1.29 is 4.74 Å². The first-order valence-electron chi connectivity index (χ1n) is 3.41. The predicted octanol–water partition coefficient (Wildman–Crippen LogP) is 1.99. The predicted molar refractivity (Wildman–Crippen MR) is 43.6 cm³/mol. The van der Waals surface area contributed by atoms with Gasteiger partial charge in [-0.1, -0.05) is 18.2 Å². The van der Waals surface area contributed by atoms with Crippen LogP contribution in [0.2, 0.25) is 0 Å². The Kier molecular flexibility index (Phi) is 1.44. The smallest absolute Gasteiger partial charge is 0.163 e. The molecule has 1 aliphatic rings. The molecule has 11 heavy (non-hydrogen) atoms. The summed E-state index contributed by atoms with van der Waals surface area (Å²) in [5.74, 6) is 1.67. The number of rotatable bonds is 2. The largest absolute Gasteiger partial charge is 0.454 e. The highest BCUT2D eigenvalue weighted by Crippen LogP contribution is 2.13. The molecule has 2 rings (SSSR count). The van der Waals surface area contributed by atoms with E-state index in [0.29, 0.717) is 0 Å². The Hall–Kier alpha value is -1.57. The number of para-hydroxylation sites is 1. The van der Waals surface area contributed by atoms with Gasteiger partial charge in [0.2, 0.25) is 0 Å². The van der Waals surface area contributed by atoms with Gasteiger partial charge in [0.05, 0.1) is 12.4 Å². The summed E-state index contributed by atoms with van der Waals surface area (Å²) in [6.07, 6.45) is 3.38. The van der Waals surface area contributed by atoms with Gasteiger partial charge in [-0.05, 0) is 12.1 Å². The molecule has 54 valence electrons. The third kappa shape index (κ3) is 1.29. The number of ether oxygens (including phenoxy) is 1. The Morgan fingerprint density at radius 3 is 2.36 bits per heavy atom. The summed E-state index contributed by atoms with van der Waals surface area (Å²) in [6, 6.07) is 9.65. The summed E-state index contributed by atoms with van der Waals surface area (Å²) < 4.78 is 5.36. The molecule has 2 nitrogen and oxygen atoms in total. The summed E-state index contributed by atoms with van der Waals surface area (Å²) in [6.45, 7) is 0. The van der Waals surface area contributed by atoms with Crippen molar-refractivity contribution in [1.82, 2.24) is 0 Å². The van der Waals surface area contributed by atoms with Gasteiger partial charge < -0.3 is 4.74 Å². The molecule has 0 saturated heterocycles. The fourth-order valence-corrected chi connectivity index (χ4v) is 0.813. The van der Waals surface area contributed by atoms with Crippen molar-refractivity contribution in [3.8, 4) is 5.75 Å². The minimum Gasteiger partial charge on any atom is -0.454 e. The molecule has 1 aromatic carbocycles. The van der Waals surface area contributed by atoms with E-state index >= 15 is 0 Å². The van der Waals surface area contributed by atoms with Crippen LogP contribution in [0.3, 0.4) is 0 Å². The lowest BCUT2D eigenvalue weighted by molar-refractivity contribution is 0.450. The van der Waals surface area contributed by atoms with E-state index in [1.807, 2.05) is 30.3 Å². The quantitative estimate of drug-likeness (QED) is 0.623. The van der Waals surface area contributed by atoms with Crippen molar-refractivity contribution in [1.29, 1.82) is 0 Å². The summed E-state index contributed by atoms with van der Waals surface area (Å²) in [7, 11) is 0. The Morgan fingerprint density at radius 1 is 1.09 bits per heavy atom.